The fourth-order valence-corrected chi connectivity index (χ4v) is 2.38. The third-order valence-electron chi connectivity index (χ3n) is 3.22. The second-order valence-electron chi connectivity index (χ2n) is 5.00. The molecule has 0 amide bonds. The number of phenols is 1. The Morgan fingerprint density at radius 2 is 2.00 bits per heavy atom. The zero-order valence-electron chi connectivity index (χ0n) is 11.1. The van der Waals surface area contributed by atoms with Gasteiger partial charge in [-0.3, -0.25) is 0 Å². The molecule has 2 rings (SSSR count). The SMILES string of the molecule is CC1CC(OC(=O)c2cccc(N)c2O)CC(C)O1. The first-order valence-corrected chi connectivity index (χ1v) is 6.41. The van der Waals surface area contributed by atoms with Gasteiger partial charge in [-0.05, 0) is 26.0 Å². The van der Waals surface area contributed by atoms with Crippen molar-refractivity contribution < 1.29 is 19.4 Å². The molecule has 1 aromatic carbocycles. The molecule has 2 unspecified atom stereocenters. The van der Waals surface area contributed by atoms with Crippen molar-refractivity contribution in [1.82, 2.24) is 0 Å². The Kier molecular flexibility index (Phi) is 3.95. The molecule has 1 aromatic rings. The predicted molar refractivity (Wildman–Crippen MR) is 71.0 cm³/mol. The number of carbonyl (C=O) groups is 1. The number of nitrogen functional groups attached to an aromatic ring is 1. The van der Waals surface area contributed by atoms with E-state index in [0.717, 1.165) is 0 Å². The molecule has 0 bridgehead atoms. The number of rotatable bonds is 2. The van der Waals surface area contributed by atoms with Crippen molar-refractivity contribution in [2.24, 2.45) is 0 Å². The number of hydrogen-bond acceptors (Lipinski definition) is 5. The molecule has 0 radical (unpaired) electrons. The molecule has 5 heteroatoms. The zero-order valence-corrected chi connectivity index (χ0v) is 11.1. The van der Waals surface area contributed by atoms with Gasteiger partial charge in [0.05, 0.1) is 17.9 Å². The van der Waals surface area contributed by atoms with Crippen LogP contribution in [0.4, 0.5) is 5.69 Å². The number of aromatic hydroxyl groups is 1. The third-order valence-corrected chi connectivity index (χ3v) is 3.22. The van der Waals surface area contributed by atoms with Gasteiger partial charge in [-0.25, -0.2) is 4.79 Å². The molecule has 1 aliphatic heterocycles. The molecular formula is C14H19NO4. The summed E-state index contributed by atoms with van der Waals surface area (Å²) < 4.78 is 11.0. The number of benzene rings is 1. The number of nitrogens with two attached hydrogens (primary N) is 1. The van der Waals surface area contributed by atoms with Gasteiger partial charge in [0.1, 0.15) is 11.7 Å². The highest BCUT2D eigenvalue weighted by atomic mass is 16.6. The van der Waals surface area contributed by atoms with E-state index in [-0.39, 0.29) is 35.3 Å². The molecule has 3 N–H and O–H groups in total. The monoisotopic (exact) mass is 265 g/mol. The molecule has 0 aliphatic carbocycles. The van der Waals surface area contributed by atoms with Crippen LogP contribution in [0.15, 0.2) is 18.2 Å². The summed E-state index contributed by atoms with van der Waals surface area (Å²) in [5.41, 5.74) is 5.83. The minimum atomic E-state index is -0.545. The minimum Gasteiger partial charge on any atom is -0.505 e. The topological polar surface area (TPSA) is 81.8 Å². The fourth-order valence-electron chi connectivity index (χ4n) is 2.38. The molecule has 1 heterocycles. The number of phenolic OH excluding ortho intramolecular Hbond substituents is 1. The van der Waals surface area contributed by atoms with E-state index in [2.05, 4.69) is 0 Å². The quantitative estimate of drug-likeness (QED) is 0.486. The number of ether oxygens (including phenoxy) is 2. The minimum absolute atomic E-state index is 0.0657. The van der Waals surface area contributed by atoms with E-state index in [1.54, 1.807) is 6.07 Å². The fraction of sp³-hybridized carbons (Fsp3) is 0.500. The van der Waals surface area contributed by atoms with Crippen LogP contribution in [-0.4, -0.2) is 29.4 Å². The van der Waals surface area contributed by atoms with Crippen molar-refractivity contribution in [1.29, 1.82) is 0 Å². The van der Waals surface area contributed by atoms with E-state index in [0.29, 0.717) is 12.8 Å². The predicted octanol–water partition coefficient (Wildman–Crippen LogP) is 2.09. The average molecular weight is 265 g/mol. The third kappa shape index (κ3) is 3.17. The lowest BCUT2D eigenvalue weighted by molar-refractivity contribution is -0.0855. The Hall–Kier alpha value is -1.75. The van der Waals surface area contributed by atoms with Gasteiger partial charge in [0, 0.05) is 12.8 Å². The van der Waals surface area contributed by atoms with Crippen molar-refractivity contribution in [2.75, 3.05) is 5.73 Å². The van der Waals surface area contributed by atoms with Crippen molar-refractivity contribution >= 4 is 11.7 Å². The first kappa shape index (κ1) is 13.7. The number of anilines is 1. The van der Waals surface area contributed by atoms with Crippen LogP contribution < -0.4 is 5.73 Å². The van der Waals surface area contributed by atoms with Crippen LogP contribution in [0.5, 0.6) is 5.75 Å². The van der Waals surface area contributed by atoms with Gasteiger partial charge < -0.3 is 20.3 Å². The van der Waals surface area contributed by atoms with Gasteiger partial charge in [0.2, 0.25) is 0 Å². The first-order valence-electron chi connectivity index (χ1n) is 6.41. The Bertz CT molecular complexity index is 465. The number of hydrogen-bond donors (Lipinski definition) is 2. The molecule has 0 aromatic heterocycles. The summed E-state index contributed by atoms with van der Waals surface area (Å²) in [7, 11) is 0. The molecule has 104 valence electrons. The summed E-state index contributed by atoms with van der Waals surface area (Å²) >= 11 is 0. The smallest absolute Gasteiger partial charge is 0.342 e. The molecule has 2 atom stereocenters. The van der Waals surface area contributed by atoms with Crippen LogP contribution >= 0.6 is 0 Å². The molecular weight excluding hydrogens is 246 g/mol. The van der Waals surface area contributed by atoms with Crippen LogP contribution in [0, 0.1) is 0 Å². The molecule has 1 fully saturated rings. The van der Waals surface area contributed by atoms with Gasteiger partial charge in [0.15, 0.2) is 5.75 Å². The van der Waals surface area contributed by atoms with Crippen molar-refractivity contribution in [3.8, 4) is 5.75 Å². The summed E-state index contributed by atoms with van der Waals surface area (Å²) in [5.74, 6) is -0.767. The summed E-state index contributed by atoms with van der Waals surface area (Å²) in [6, 6.07) is 4.64. The second kappa shape index (κ2) is 5.48. The lowest BCUT2D eigenvalue weighted by Gasteiger charge is -2.31. The normalized spacial score (nSPS) is 26.9. The summed E-state index contributed by atoms with van der Waals surface area (Å²) in [6.45, 7) is 3.91. The number of esters is 1. The Labute approximate surface area is 112 Å². The number of para-hydroxylation sites is 1. The van der Waals surface area contributed by atoms with E-state index in [4.69, 9.17) is 15.2 Å². The summed E-state index contributed by atoms with van der Waals surface area (Å²) in [4.78, 5) is 12.0. The van der Waals surface area contributed by atoms with Crippen LogP contribution in [0.25, 0.3) is 0 Å². The van der Waals surface area contributed by atoms with Crippen LogP contribution in [0.1, 0.15) is 37.0 Å². The van der Waals surface area contributed by atoms with Gasteiger partial charge in [0.25, 0.3) is 0 Å². The van der Waals surface area contributed by atoms with Crippen molar-refractivity contribution in [2.45, 2.75) is 45.0 Å². The second-order valence-corrected chi connectivity index (χ2v) is 5.00. The van der Waals surface area contributed by atoms with Gasteiger partial charge in [-0.15, -0.1) is 0 Å². The molecule has 1 saturated heterocycles. The Morgan fingerprint density at radius 1 is 1.37 bits per heavy atom. The lowest BCUT2D eigenvalue weighted by Crippen LogP contribution is -2.35. The maximum absolute atomic E-state index is 12.0. The van der Waals surface area contributed by atoms with E-state index < -0.39 is 5.97 Å². The number of carbonyl (C=O) groups excluding carboxylic acids is 1. The maximum atomic E-state index is 12.0. The summed E-state index contributed by atoms with van der Waals surface area (Å²) in [5, 5.41) is 9.75. The first-order chi connectivity index (χ1) is 8.97. The van der Waals surface area contributed by atoms with Gasteiger partial charge in [-0.2, -0.15) is 0 Å². The molecule has 19 heavy (non-hydrogen) atoms. The zero-order chi connectivity index (χ0) is 14.0. The standard InChI is InChI=1S/C14H19NO4/c1-8-6-10(7-9(2)18-8)19-14(17)11-4-3-5-12(15)13(11)16/h3-5,8-10,16H,6-7,15H2,1-2H3. The molecule has 0 saturated carbocycles. The largest absolute Gasteiger partial charge is 0.505 e. The maximum Gasteiger partial charge on any atom is 0.342 e. The van der Waals surface area contributed by atoms with E-state index in [1.165, 1.54) is 12.1 Å². The Balaban J connectivity index is 2.06. The Morgan fingerprint density at radius 3 is 2.63 bits per heavy atom. The van der Waals surface area contributed by atoms with E-state index in [9.17, 15) is 9.90 Å². The molecule has 0 spiro atoms. The highest BCUT2D eigenvalue weighted by Crippen LogP contribution is 2.27. The average Bonchev–Trinajstić information content (AvgIpc) is 2.31. The highest BCUT2D eigenvalue weighted by molar-refractivity contribution is 5.94. The van der Waals surface area contributed by atoms with Gasteiger partial charge in [-0.1, -0.05) is 6.07 Å². The van der Waals surface area contributed by atoms with Crippen LogP contribution in [-0.2, 0) is 9.47 Å². The summed E-state index contributed by atoms with van der Waals surface area (Å²) in [6.07, 6.45) is 1.28. The highest BCUT2D eigenvalue weighted by Gasteiger charge is 2.28. The van der Waals surface area contributed by atoms with E-state index in [1.807, 2.05) is 13.8 Å². The van der Waals surface area contributed by atoms with E-state index >= 15 is 0 Å². The lowest BCUT2D eigenvalue weighted by atomic mass is 10.0. The molecule has 1 aliphatic rings. The molecule has 5 nitrogen and oxygen atoms in total. The van der Waals surface area contributed by atoms with Gasteiger partial charge >= 0.3 is 5.97 Å². The van der Waals surface area contributed by atoms with Crippen LogP contribution in [0.2, 0.25) is 0 Å². The van der Waals surface area contributed by atoms with Crippen molar-refractivity contribution in [3.63, 3.8) is 0 Å². The van der Waals surface area contributed by atoms with Crippen molar-refractivity contribution in [3.05, 3.63) is 23.8 Å². The van der Waals surface area contributed by atoms with Crippen LogP contribution in [0.3, 0.4) is 0 Å².